The normalized spacial score (nSPS) is 15.1. The number of hydrogen-bond acceptors (Lipinski definition) is 5. The second kappa shape index (κ2) is 8.80. The molecule has 33 heavy (non-hydrogen) atoms. The van der Waals surface area contributed by atoms with Crippen LogP contribution >= 0.6 is 11.6 Å². The molecule has 0 atom stereocenters. The number of pyridine rings is 2. The molecule has 0 amide bonds. The zero-order chi connectivity index (χ0) is 23.0. The Morgan fingerprint density at radius 3 is 2.58 bits per heavy atom. The molecule has 4 aromatic rings. The maximum Gasteiger partial charge on any atom is 0.269 e. The molecule has 1 aliphatic carbocycles. The van der Waals surface area contributed by atoms with Crippen LogP contribution in [0, 0.1) is 6.92 Å². The van der Waals surface area contributed by atoms with E-state index in [0.717, 1.165) is 34.9 Å². The van der Waals surface area contributed by atoms with Crippen molar-refractivity contribution >= 4 is 38.5 Å². The van der Waals surface area contributed by atoms with Gasteiger partial charge in [-0.05, 0) is 61.2 Å². The summed E-state index contributed by atoms with van der Waals surface area (Å²) >= 11 is 6.40. The molecule has 0 spiro atoms. The van der Waals surface area contributed by atoms with Gasteiger partial charge in [0.1, 0.15) is 11.0 Å². The number of anilines is 1. The van der Waals surface area contributed by atoms with Gasteiger partial charge in [-0.1, -0.05) is 49.1 Å². The van der Waals surface area contributed by atoms with Gasteiger partial charge < -0.3 is 5.32 Å². The van der Waals surface area contributed by atoms with E-state index in [4.69, 9.17) is 11.6 Å². The van der Waals surface area contributed by atoms with Gasteiger partial charge in [0.2, 0.25) is 0 Å². The number of fused-ring (bicyclic) bond motifs is 1. The third-order valence-electron chi connectivity index (χ3n) is 6.11. The van der Waals surface area contributed by atoms with Crippen molar-refractivity contribution in [2.45, 2.75) is 50.0 Å². The van der Waals surface area contributed by atoms with Gasteiger partial charge in [0.05, 0.1) is 4.90 Å². The van der Waals surface area contributed by atoms with Crippen LogP contribution in [0.2, 0.25) is 5.15 Å². The van der Waals surface area contributed by atoms with Gasteiger partial charge >= 0.3 is 0 Å². The highest BCUT2D eigenvalue weighted by molar-refractivity contribution is 7.90. The quantitative estimate of drug-likeness (QED) is 0.352. The molecule has 1 aromatic carbocycles. The van der Waals surface area contributed by atoms with E-state index in [1.165, 1.54) is 23.2 Å². The van der Waals surface area contributed by atoms with Crippen LogP contribution in [0.1, 0.15) is 37.7 Å². The first-order chi connectivity index (χ1) is 15.9. The molecule has 3 aromatic heterocycles. The summed E-state index contributed by atoms with van der Waals surface area (Å²) in [5, 5.41) is 4.63. The Labute approximate surface area is 198 Å². The molecule has 3 heterocycles. The van der Waals surface area contributed by atoms with Crippen molar-refractivity contribution in [1.29, 1.82) is 0 Å². The average Bonchev–Trinajstić information content (AvgIpc) is 3.19. The SMILES string of the molecule is Cc1cnc2c(c1)c(-c1cc(Cl)nc(NC3CCCCC3)c1)cn2S(=O)(=O)c1ccccc1. The summed E-state index contributed by atoms with van der Waals surface area (Å²) in [6.45, 7) is 1.94. The fourth-order valence-corrected chi connectivity index (χ4v) is 6.04. The number of nitrogens with zero attached hydrogens (tertiary/aromatic N) is 3. The molecular weight excluding hydrogens is 456 g/mol. The zero-order valence-corrected chi connectivity index (χ0v) is 19.9. The standard InChI is InChI=1S/C25H25ClN4O2S/c1-17-12-21-22(18-13-23(26)29-24(14-18)28-19-8-4-2-5-9-19)16-30(25(21)27-15-17)33(31,32)20-10-6-3-7-11-20/h3,6-7,10-16,19H,2,4-5,8-9H2,1H3,(H,28,29). The first-order valence-electron chi connectivity index (χ1n) is 11.1. The Kier molecular flexibility index (Phi) is 5.85. The first-order valence-corrected chi connectivity index (χ1v) is 13.0. The van der Waals surface area contributed by atoms with Crippen LogP contribution in [0.15, 0.2) is 65.8 Å². The lowest BCUT2D eigenvalue weighted by Crippen LogP contribution is -2.22. The van der Waals surface area contributed by atoms with Crippen LogP contribution in [-0.4, -0.2) is 28.4 Å². The van der Waals surface area contributed by atoms with E-state index in [9.17, 15) is 8.42 Å². The lowest BCUT2D eigenvalue weighted by Gasteiger charge is -2.23. The summed E-state index contributed by atoms with van der Waals surface area (Å²) in [5.74, 6) is 0.705. The Balaban J connectivity index is 1.64. The number of benzene rings is 1. The molecule has 1 N–H and O–H groups in total. The van der Waals surface area contributed by atoms with E-state index in [0.29, 0.717) is 22.7 Å². The van der Waals surface area contributed by atoms with E-state index in [2.05, 4.69) is 15.3 Å². The summed E-state index contributed by atoms with van der Waals surface area (Å²) in [6.07, 6.45) is 9.23. The maximum absolute atomic E-state index is 13.4. The van der Waals surface area contributed by atoms with Gasteiger partial charge in [0, 0.05) is 29.4 Å². The molecule has 1 fully saturated rings. The summed E-state index contributed by atoms with van der Waals surface area (Å²) in [6, 6.07) is 14.4. The molecule has 170 valence electrons. The van der Waals surface area contributed by atoms with Crippen LogP contribution < -0.4 is 5.32 Å². The molecule has 0 saturated heterocycles. The van der Waals surface area contributed by atoms with Crippen molar-refractivity contribution in [3.63, 3.8) is 0 Å². The molecule has 0 bridgehead atoms. The van der Waals surface area contributed by atoms with Gasteiger partial charge in [0.25, 0.3) is 10.0 Å². The number of rotatable bonds is 5. The molecule has 5 rings (SSSR count). The smallest absolute Gasteiger partial charge is 0.269 e. The number of aromatic nitrogens is 3. The van der Waals surface area contributed by atoms with E-state index in [-0.39, 0.29) is 4.90 Å². The van der Waals surface area contributed by atoms with Crippen molar-refractivity contribution < 1.29 is 8.42 Å². The minimum absolute atomic E-state index is 0.211. The lowest BCUT2D eigenvalue weighted by atomic mass is 9.95. The van der Waals surface area contributed by atoms with E-state index in [1.807, 2.05) is 19.1 Å². The molecule has 0 radical (unpaired) electrons. The predicted octanol–water partition coefficient (Wildman–Crippen LogP) is 6.04. The van der Waals surface area contributed by atoms with Crippen molar-refractivity contribution in [3.8, 4) is 11.1 Å². The molecule has 8 heteroatoms. The fourth-order valence-electron chi connectivity index (χ4n) is 4.49. The van der Waals surface area contributed by atoms with Crippen LogP contribution in [0.3, 0.4) is 0 Å². The minimum atomic E-state index is -3.82. The summed E-state index contributed by atoms with van der Waals surface area (Å²) in [5.41, 5.74) is 2.87. The average molecular weight is 481 g/mol. The highest BCUT2D eigenvalue weighted by Gasteiger charge is 2.23. The van der Waals surface area contributed by atoms with Crippen molar-refractivity contribution in [2.75, 3.05) is 5.32 Å². The predicted molar refractivity (Wildman–Crippen MR) is 132 cm³/mol. The topological polar surface area (TPSA) is 76.9 Å². The third kappa shape index (κ3) is 4.35. The highest BCUT2D eigenvalue weighted by Crippen LogP contribution is 2.35. The lowest BCUT2D eigenvalue weighted by molar-refractivity contribution is 0.462. The summed E-state index contributed by atoms with van der Waals surface area (Å²) in [4.78, 5) is 9.16. The molecular formula is C25H25ClN4O2S. The van der Waals surface area contributed by atoms with Gasteiger partial charge in [-0.15, -0.1) is 0 Å². The molecule has 0 unspecified atom stereocenters. The van der Waals surface area contributed by atoms with E-state index >= 15 is 0 Å². The fraction of sp³-hybridized carbons (Fsp3) is 0.280. The monoisotopic (exact) mass is 480 g/mol. The molecule has 6 nitrogen and oxygen atoms in total. The van der Waals surface area contributed by atoms with Gasteiger partial charge in [0.15, 0.2) is 5.65 Å². The number of aryl methyl sites for hydroxylation is 1. The van der Waals surface area contributed by atoms with Gasteiger partial charge in [-0.3, -0.25) is 0 Å². The van der Waals surface area contributed by atoms with Crippen LogP contribution in [0.25, 0.3) is 22.2 Å². The van der Waals surface area contributed by atoms with Crippen LogP contribution in [-0.2, 0) is 10.0 Å². The summed E-state index contributed by atoms with van der Waals surface area (Å²) < 4.78 is 28.2. The van der Waals surface area contributed by atoms with Gasteiger partial charge in [-0.25, -0.2) is 22.4 Å². The number of nitrogens with one attached hydrogen (secondary N) is 1. The second-order valence-corrected chi connectivity index (χ2v) is 10.8. The Bertz CT molecular complexity index is 1410. The van der Waals surface area contributed by atoms with E-state index in [1.54, 1.807) is 48.8 Å². The van der Waals surface area contributed by atoms with Crippen molar-refractivity contribution in [3.05, 3.63) is 71.6 Å². The Morgan fingerprint density at radius 2 is 1.82 bits per heavy atom. The second-order valence-electron chi connectivity index (χ2n) is 8.58. The number of hydrogen-bond donors (Lipinski definition) is 1. The molecule has 1 saturated carbocycles. The third-order valence-corrected chi connectivity index (χ3v) is 7.97. The Hall–Kier alpha value is -2.90. The number of halogens is 1. The van der Waals surface area contributed by atoms with Crippen LogP contribution in [0.4, 0.5) is 5.82 Å². The van der Waals surface area contributed by atoms with Crippen LogP contribution in [0.5, 0.6) is 0 Å². The van der Waals surface area contributed by atoms with Gasteiger partial charge in [-0.2, -0.15) is 0 Å². The first kappa shape index (κ1) is 21.9. The minimum Gasteiger partial charge on any atom is -0.367 e. The maximum atomic E-state index is 13.4. The Morgan fingerprint density at radius 1 is 1.06 bits per heavy atom. The largest absolute Gasteiger partial charge is 0.367 e. The van der Waals surface area contributed by atoms with Crippen molar-refractivity contribution in [1.82, 2.24) is 13.9 Å². The van der Waals surface area contributed by atoms with E-state index < -0.39 is 10.0 Å². The molecule has 1 aliphatic rings. The van der Waals surface area contributed by atoms with Crippen molar-refractivity contribution in [2.24, 2.45) is 0 Å². The molecule has 0 aliphatic heterocycles. The summed E-state index contributed by atoms with van der Waals surface area (Å²) in [7, 11) is -3.82. The zero-order valence-electron chi connectivity index (χ0n) is 18.3. The highest BCUT2D eigenvalue weighted by atomic mass is 35.5.